The molecule has 0 amide bonds. The van der Waals surface area contributed by atoms with Crippen molar-refractivity contribution >= 4 is 40.1 Å². The Labute approximate surface area is 172 Å². The molecule has 4 rings (SSSR count). The topological polar surface area (TPSA) is 39.2 Å². The van der Waals surface area contributed by atoms with Crippen LogP contribution in [0.25, 0.3) is 22.2 Å². The predicted molar refractivity (Wildman–Crippen MR) is 113 cm³/mol. The van der Waals surface area contributed by atoms with E-state index in [0.29, 0.717) is 16.3 Å². The standard InChI is InChI=1S/C23H15Cl2NO2/c1-14-7-9-20-17(11-14)18(13-21(26-20)15-5-3-2-4-6-15)23(27)28-22-10-8-16(24)12-19(22)25/h2-13H,1H3. The van der Waals surface area contributed by atoms with Gasteiger partial charge in [-0.15, -0.1) is 0 Å². The summed E-state index contributed by atoms with van der Waals surface area (Å²) < 4.78 is 5.57. The van der Waals surface area contributed by atoms with Gasteiger partial charge in [-0.1, -0.05) is 65.2 Å². The van der Waals surface area contributed by atoms with Crippen molar-refractivity contribution in [3.05, 3.63) is 94.0 Å². The Hall–Kier alpha value is -2.88. The van der Waals surface area contributed by atoms with E-state index in [4.69, 9.17) is 32.9 Å². The van der Waals surface area contributed by atoms with Gasteiger partial charge in [0.05, 0.1) is 21.8 Å². The molecule has 0 saturated heterocycles. The zero-order valence-electron chi connectivity index (χ0n) is 14.9. The molecule has 0 fully saturated rings. The predicted octanol–water partition coefficient (Wildman–Crippen LogP) is 6.74. The van der Waals surface area contributed by atoms with Crippen LogP contribution in [0.4, 0.5) is 0 Å². The molecule has 0 saturated carbocycles. The van der Waals surface area contributed by atoms with Crippen LogP contribution in [0.1, 0.15) is 15.9 Å². The molecule has 0 spiro atoms. The second-order valence-corrected chi connectivity index (χ2v) is 7.25. The van der Waals surface area contributed by atoms with Gasteiger partial charge in [0.1, 0.15) is 5.75 Å². The van der Waals surface area contributed by atoms with Crippen molar-refractivity contribution in [1.29, 1.82) is 0 Å². The Morgan fingerprint density at radius 1 is 0.929 bits per heavy atom. The van der Waals surface area contributed by atoms with E-state index in [1.165, 1.54) is 6.07 Å². The zero-order valence-corrected chi connectivity index (χ0v) is 16.5. The van der Waals surface area contributed by atoms with E-state index in [0.717, 1.165) is 22.0 Å². The normalized spacial score (nSPS) is 10.8. The summed E-state index contributed by atoms with van der Waals surface area (Å²) in [6.45, 7) is 1.97. The minimum atomic E-state index is -0.501. The third-order valence-electron chi connectivity index (χ3n) is 4.35. The lowest BCUT2D eigenvalue weighted by atomic mass is 10.0. The van der Waals surface area contributed by atoms with Crippen LogP contribution in [-0.4, -0.2) is 11.0 Å². The molecule has 0 radical (unpaired) electrons. The average Bonchev–Trinajstić information content (AvgIpc) is 2.70. The number of hydrogen-bond donors (Lipinski definition) is 0. The van der Waals surface area contributed by atoms with Gasteiger partial charge < -0.3 is 4.74 Å². The summed E-state index contributed by atoms with van der Waals surface area (Å²) in [5.41, 5.74) is 3.80. The van der Waals surface area contributed by atoms with Crippen molar-refractivity contribution < 1.29 is 9.53 Å². The Balaban J connectivity index is 1.84. The molecular weight excluding hydrogens is 393 g/mol. The maximum atomic E-state index is 13.0. The van der Waals surface area contributed by atoms with Crippen molar-refractivity contribution in [3.8, 4) is 17.0 Å². The van der Waals surface area contributed by atoms with Gasteiger partial charge in [-0.05, 0) is 43.3 Å². The first-order valence-electron chi connectivity index (χ1n) is 8.65. The van der Waals surface area contributed by atoms with Crippen LogP contribution in [-0.2, 0) is 0 Å². The number of hydrogen-bond acceptors (Lipinski definition) is 3. The van der Waals surface area contributed by atoms with Gasteiger partial charge in [0, 0.05) is 16.0 Å². The smallest absolute Gasteiger partial charge is 0.344 e. The number of pyridine rings is 1. The second kappa shape index (κ2) is 7.63. The second-order valence-electron chi connectivity index (χ2n) is 6.41. The van der Waals surface area contributed by atoms with Crippen molar-refractivity contribution in [1.82, 2.24) is 4.98 Å². The molecule has 3 nitrogen and oxygen atoms in total. The fraction of sp³-hybridized carbons (Fsp3) is 0.0435. The van der Waals surface area contributed by atoms with Gasteiger partial charge >= 0.3 is 5.97 Å². The van der Waals surface area contributed by atoms with E-state index >= 15 is 0 Å². The molecule has 0 bridgehead atoms. The number of nitrogens with zero attached hydrogens (tertiary/aromatic N) is 1. The van der Waals surface area contributed by atoms with Gasteiger partial charge in [-0.3, -0.25) is 0 Å². The molecule has 0 atom stereocenters. The van der Waals surface area contributed by atoms with Gasteiger partial charge in [0.2, 0.25) is 0 Å². The molecular formula is C23H15Cl2NO2. The number of halogens is 2. The fourth-order valence-corrected chi connectivity index (χ4v) is 3.43. The third-order valence-corrected chi connectivity index (χ3v) is 4.88. The lowest BCUT2D eigenvalue weighted by molar-refractivity contribution is 0.0737. The van der Waals surface area contributed by atoms with Crippen LogP contribution in [0.2, 0.25) is 10.0 Å². The molecule has 0 aliphatic heterocycles. The summed E-state index contributed by atoms with van der Waals surface area (Å²) in [7, 11) is 0. The van der Waals surface area contributed by atoms with E-state index in [9.17, 15) is 4.79 Å². The summed E-state index contributed by atoms with van der Waals surface area (Å²) in [4.78, 5) is 17.7. The van der Waals surface area contributed by atoms with Crippen LogP contribution in [0.15, 0.2) is 72.8 Å². The highest BCUT2D eigenvalue weighted by atomic mass is 35.5. The first kappa shape index (κ1) is 18.5. The quantitative estimate of drug-likeness (QED) is 0.279. The largest absolute Gasteiger partial charge is 0.421 e. The van der Waals surface area contributed by atoms with Crippen molar-refractivity contribution in [2.24, 2.45) is 0 Å². The van der Waals surface area contributed by atoms with Gasteiger partial charge in [0.15, 0.2) is 0 Å². The average molecular weight is 408 g/mol. The van der Waals surface area contributed by atoms with Crippen LogP contribution < -0.4 is 4.74 Å². The lowest BCUT2D eigenvalue weighted by Crippen LogP contribution is -2.10. The van der Waals surface area contributed by atoms with E-state index < -0.39 is 5.97 Å². The SMILES string of the molecule is Cc1ccc2nc(-c3ccccc3)cc(C(=O)Oc3ccc(Cl)cc3Cl)c2c1. The summed E-state index contributed by atoms with van der Waals surface area (Å²) in [5.74, 6) is -0.241. The molecule has 138 valence electrons. The number of aromatic nitrogens is 1. The Morgan fingerprint density at radius 3 is 2.46 bits per heavy atom. The fourth-order valence-electron chi connectivity index (χ4n) is 2.98. The molecule has 0 N–H and O–H groups in total. The maximum Gasteiger partial charge on any atom is 0.344 e. The van der Waals surface area contributed by atoms with Gasteiger partial charge in [-0.25, -0.2) is 9.78 Å². The molecule has 5 heteroatoms. The highest BCUT2D eigenvalue weighted by Crippen LogP contribution is 2.30. The Bertz CT molecular complexity index is 1190. The third kappa shape index (κ3) is 3.72. The highest BCUT2D eigenvalue weighted by Gasteiger charge is 2.17. The molecule has 28 heavy (non-hydrogen) atoms. The Morgan fingerprint density at radius 2 is 1.71 bits per heavy atom. The zero-order chi connectivity index (χ0) is 19.7. The van der Waals surface area contributed by atoms with Crippen LogP contribution >= 0.6 is 23.2 Å². The number of benzene rings is 3. The molecule has 0 aliphatic carbocycles. The number of esters is 1. The number of rotatable bonds is 3. The summed E-state index contributed by atoms with van der Waals surface area (Å²) in [6.07, 6.45) is 0. The van der Waals surface area contributed by atoms with E-state index in [2.05, 4.69) is 0 Å². The lowest BCUT2D eigenvalue weighted by Gasteiger charge is -2.11. The van der Waals surface area contributed by atoms with E-state index in [-0.39, 0.29) is 10.8 Å². The summed E-state index contributed by atoms with van der Waals surface area (Å²) in [6, 6.07) is 22.0. The molecule has 4 aromatic rings. The summed E-state index contributed by atoms with van der Waals surface area (Å²) >= 11 is 12.1. The van der Waals surface area contributed by atoms with E-state index in [1.807, 2.05) is 55.5 Å². The number of ether oxygens (including phenoxy) is 1. The molecule has 3 aromatic carbocycles. The Kier molecular flexibility index (Phi) is 5.03. The monoisotopic (exact) mass is 407 g/mol. The molecule has 0 unspecified atom stereocenters. The van der Waals surface area contributed by atoms with Crippen LogP contribution in [0.3, 0.4) is 0 Å². The van der Waals surface area contributed by atoms with Crippen molar-refractivity contribution in [2.75, 3.05) is 0 Å². The highest BCUT2D eigenvalue weighted by molar-refractivity contribution is 6.35. The minimum Gasteiger partial charge on any atom is -0.421 e. The molecule has 0 aliphatic rings. The first-order chi connectivity index (χ1) is 13.5. The van der Waals surface area contributed by atoms with E-state index in [1.54, 1.807) is 18.2 Å². The minimum absolute atomic E-state index is 0.259. The molecule has 1 aromatic heterocycles. The first-order valence-corrected chi connectivity index (χ1v) is 9.41. The van der Waals surface area contributed by atoms with Crippen molar-refractivity contribution in [2.45, 2.75) is 6.92 Å². The van der Waals surface area contributed by atoms with Gasteiger partial charge in [0.25, 0.3) is 0 Å². The van der Waals surface area contributed by atoms with Crippen LogP contribution in [0.5, 0.6) is 5.75 Å². The van der Waals surface area contributed by atoms with Gasteiger partial charge in [-0.2, -0.15) is 0 Å². The maximum absolute atomic E-state index is 13.0. The van der Waals surface area contributed by atoms with Crippen molar-refractivity contribution in [3.63, 3.8) is 0 Å². The van der Waals surface area contributed by atoms with Crippen LogP contribution in [0, 0.1) is 6.92 Å². The number of carbonyl (C=O) groups is 1. The summed E-state index contributed by atoms with van der Waals surface area (Å²) in [5, 5.41) is 1.48. The number of carbonyl (C=O) groups excluding carboxylic acids is 1. The number of aryl methyl sites for hydroxylation is 1. The molecule has 1 heterocycles. The number of fused-ring (bicyclic) bond motifs is 1.